The number of pyridine rings is 1. The van der Waals surface area contributed by atoms with Crippen molar-refractivity contribution in [3.63, 3.8) is 0 Å². The van der Waals surface area contributed by atoms with Crippen LogP contribution in [-0.2, 0) is 13.1 Å². The van der Waals surface area contributed by atoms with Crippen molar-refractivity contribution in [2.75, 3.05) is 13.7 Å². The molecule has 0 spiro atoms. The van der Waals surface area contributed by atoms with E-state index in [2.05, 4.69) is 14.6 Å². The van der Waals surface area contributed by atoms with Crippen molar-refractivity contribution in [3.8, 4) is 5.75 Å². The van der Waals surface area contributed by atoms with Gasteiger partial charge in [0.1, 0.15) is 17.1 Å². The Morgan fingerprint density at radius 3 is 3.04 bits per heavy atom. The molecule has 23 heavy (non-hydrogen) atoms. The summed E-state index contributed by atoms with van der Waals surface area (Å²) in [5, 5.41) is 4.83. The minimum absolute atomic E-state index is 0.124. The van der Waals surface area contributed by atoms with Gasteiger partial charge in [0.05, 0.1) is 18.7 Å². The lowest BCUT2D eigenvalue weighted by Crippen LogP contribution is -2.38. The number of amides is 1. The number of carbonyl (C=O) groups is 1. The van der Waals surface area contributed by atoms with E-state index >= 15 is 0 Å². The molecule has 0 saturated heterocycles. The number of carbonyl (C=O) groups excluding carboxylic acids is 1. The van der Waals surface area contributed by atoms with Crippen LogP contribution in [0.1, 0.15) is 16.3 Å². The number of hydrogen-bond acceptors (Lipinski definition) is 4. The van der Waals surface area contributed by atoms with Crippen molar-refractivity contribution in [1.82, 2.24) is 24.1 Å². The van der Waals surface area contributed by atoms with Gasteiger partial charge in [-0.25, -0.2) is 9.50 Å². The average molecular weight is 332 g/mol. The summed E-state index contributed by atoms with van der Waals surface area (Å²) in [5.41, 5.74) is 1.07. The maximum absolute atomic E-state index is 12.7. The molecule has 1 aliphatic rings. The van der Waals surface area contributed by atoms with E-state index in [0.29, 0.717) is 35.1 Å². The first-order chi connectivity index (χ1) is 11.2. The predicted molar refractivity (Wildman–Crippen MR) is 83.7 cm³/mol. The lowest BCUT2D eigenvalue weighted by atomic mass is 10.3. The average Bonchev–Trinajstić information content (AvgIpc) is 3.18. The maximum atomic E-state index is 12.7. The van der Waals surface area contributed by atoms with E-state index in [1.165, 1.54) is 0 Å². The number of aromatic nitrogens is 4. The van der Waals surface area contributed by atoms with Crippen LogP contribution in [0, 0.1) is 0 Å². The highest BCUT2D eigenvalue weighted by Gasteiger charge is 2.24. The van der Waals surface area contributed by atoms with Crippen LogP contribution < -0.4 is 4.74 Å². The Morgan fingerprint density at radius 1 is 1.35 bits per heavy atom. The Labute approximate surface area is 137 Å². The van der Waals surface area contributed by atoms with Gasteiger partial charge in [-0.1, -0.05) is 11.6 Å². The molecule has 7 nitrogen and oxygen atoms in total. The molecule has 0 aliphatic carbocycles. The molecule has 1 amide bonds. The summed E-state index contributed by atoms with van der Waals surface area (Å²) in [6.07, 6.45) is 5.33. The van der Waals surface area contributed by atoms with Crippen LogP contribution in [-0.4, -0.2) is 43.6 Å². The van der Waals surface area contributed by atoms with Gasteiger partial charge in [0.2, 0.25) is 0 Å². The van der Waals surface area contributed by atoms with E-state index in [0.717, 1.165) is 12.4 Å². The zero-order chi connectivity index (χ0) is 16.0. The van der Waals surface area contributed by atoms with Crippen molar-refractivity contribution in [1.29, 1.82) is 0 Å². The van der Waals surface area contributed by atoms with Gasteiger partial charge in [-0.15, -0.1) is 0 Å². The molecule has 1 aliphatic heterocycles. The largest absolute Gasteiger partial charge is 0.494 e. The summed E-state index contributed by atoms with van der Waals surface area (Å²) in [5.74, 6) is 1.34. The second-order valence-corrected chi connectivity index (χ2v) is 5.79. The SMILES string of the molecule is COc1cc(Cl)cn2nc(C(=O)N3CCn4ccnc4C3)cc12. The van der Waals surface area contributed by atoms with E-state index in [1.54, 1.807) is 41.1 Å². The molecule has 8 heteroatoms. The van der Waals surface area contributed by atoms with Gasteiger partial charge in [-0.05, 0) is 0 Å². The fourth-order valence-corrected chi connectivity index (χ4v) is 3.00. The number of nitrogens with zero attached hydrogens (tertiary/aromatic N) is 5. The van der Waals surface area contributed by atoms with Crippen LogP contribution in [0.5, 0.6) is 5.75 Å². The number of methoxy groups -OCH3 is 1. The van der Waals surface area contributed by atoms with Crippen LogP contribution in [0.2, 0.25) is 5.02 Å². The molecule has 0 fully saturated rings. The van der Waals surface area contributed by atoms with E-state index in [1.807, 2.05) is 6.20 Å². The predicted octanol–water partition coefficient (Wildman–Crippen LogP) is 1.85. The number of halogens is 1. The number of imidazole rings is 1. The van der Waals surface area contributed by atoms with E-state index in [4.69, 9.17) is 16.3 Å². The van der Waals surface area contributed by atoms with E-state index < -0.39 is 0 Å². The fourth-order valence-electron chi connectivity index (χ4n) is 2.81. The minimum atomic E-state index is -0.124. The molecule has 3 aromatic heterocycles. The van der Waals surface area contributed by atoms with Gasteiger partial charge in [-0.2, -0.15) is 5.10 Å². The maximum Gasteiger partial charge on any atom is 0.274 e. The lowest BCUT2D eigenvalue weighted by molar-refractivity contribution is 0.0701. The number of hydrogen-bond donors (Lipinski definition) is 0. The Hall–Kier alpha value is -2.54. The highest BCUT2D eigenvalue weighted by molar-refractivity contribution is 6.30. The number of rotatable bonds is 2. The summed E-state index contributed by atoms with van der Waals surface area (Å²) in [6, 6.07) is 3.42. The van der Waals surface area contributed by atoms with Crippen molar-refractivity contribution in [3.05, 3.63) is 47.3 Å². The smallest absolute Gasteiger partial charge is 0.274 e. The van der Waals surface area contributed by atoms with E-state index in [-0.39, 0.29) is 5.91 Å². The molecular weight excluding hydrogens is 318 g/mol. The van der Waals surface area contributed by atoms with Gasteiger partial charge in [0, 0.05) is 43.8 Å². The first kappa shape index (κ1) is 14.1. The Bertz CT molecular complexity index is 901. The van der Waals surface area contributed by atoms with Crippen LogP contribution in [0.25, 0.3) is 5.52 Å². The third kappa shape index (κ3) is 2.33. The zero-order valence-corrected chi connectivity index (χ0v) is 13.2. The lowest BCUT2D eigenvalue weighted by Gasteiger charge is -2.26. The third-order valence-electron chi connectivity index (χ3n) is 3.97. The van der Waals surface area contributed by atoms with Crippen LogP contribution in [0.4, 0.5) is 0 Å². The summed E-state index contributed by atoms with van der Waals surface area (Å²) in [6.45, 7) is 1.86. The van der Waals surface area contributed by atoms with Gasteiger partial charge < -0.3 is 14.2 Å². The third-order valence-corrected chi connectivity index (χ3v) is 4.18. The summed E-state index contributed by atoms with van der Waals surface area (Å²) < 4.78 is 8.92. The standard InChI is InChI=1S/C15H14ClN5O2/c1-23-13-6-10(16)8-21-12(13)7-11(18-21)15(22)20-5-4-19-3-2-17-14(19)9-20/h2-3,6-8H,4-5,9H2,1H3. The Balaban J connectivity index is 1.68. The molecule has 118 valence electrons. The topological polar surface area (TPSA) is 64.7 Å². The molecule has 0 N–H and O–H groups in total. The van der Waals surface area contributed by atoms with Crippen molar-refractivity contribution < 1.29 is 9.53 Å². The molecule has 0 bridgehead atoms. The molecule has 0 aromatic carbocycles. The van der Waals surface area contributed by atoms with Crippen molar-refractivity contribution in [2.24, 2.45) is 0 Å². The molecule has 0 atom stereocenters. The minimum Gasteiger partial charge on any atom is -0.494 e. The van der Waals surface area contributed by atoms with Crippen LogP contribution in [0.15, 0.2) is 30.7 Å². The highest BCUT2D eigenvalue weighted by atomic mass is 35.5. The van der Waals surface area contributed by atoms with Crippen LogP contribution >= 0.6 is 11.6 Å². The van der Waals surface area contributed by atoms with Gasteiger partial charge in [0.15, 0.2) is 5.69 Å². The molecule has 0 radical (unpaired) electrons. The Morgan fingerprint density at radius 2 is 2.22 bits per heavy atom. The monoisotopic (exact) mass is 331 g/mol. The first-order valence-corrected chi connectivity index (χ1v) is 7.56. The summed E-state index contributed by atoms with van der Waals surface area (Å²) >= 11 is 6.04. The molecule has 4 heterocycles. The summed E-state index contributed by atoms with van der Waals surface area (Å²) in [4.78, 5) is 18.7. The summed E-state index contributed by atoms with van der Waals surface area (Å²) in [7, 11) is 1.56. The van der Waals surface area contributed by atoms with Gasteiger partial charge in [-0.3, -0.25) is 4.79 Å². The molecule has 0 unspecified atom stereocenters. The highest BCUT2D eigenvalue weighted by Crippen LogP contribution is 2.25. The second-order valence-electron chi connectivity index (χ2n) is 5.35. The molecule has 4 rings (SSSR count). The molecular formula is C15H14ClN5O2. The van der Waals surface area contributed by atoms with Gasteiger partial charge in [0.25, 0.3) is 5.91 Å². The number of fused-ring (bicyclic) bond motifs is 2. The normalized spacial score (nSPS) is 14.1. The van der Waals surface area contributed by atoms with Gasteiger partial charge >= 0.3 is 0 Å². The van der Waals surface area contributed by atoms with E-state index in [9.17, 15) is 4.79 Å². The van der Waals surface area contributed by atoms with Crippen LogP contribution in [0.3, 0.4) is 0 Å². The molecule has 3 aromatic rings. The van der Waals surface area contributed by atoms with Crippen molar-refractivity contribution in [2.45, 2.75) is 13.1 Å². The Kier molecular flexibility index (Phi) is 3.23. The van der Waals surface area contributed by atoms with Crippen molar-refractivity contribution >= 4 is 23.0 Å². The fraction of sp³-hybridized carbons (Fsp3) is 0.267. The zero-order valence-electron chi connectivity index (χ0n) is 12.4. The second kappa shape index (κ2) is 5.27. The first-order valence-electron chi connectivity index (χ1n) is 7.18. The number of ether oxygens (including phenoxy) is 1. The molecule has 0 saturated carbocycles. The quantitative estimate of drug-likeness (QED) is 0.719.